The molecule has 2 aliphatic carbocycles. The molecule has 0 saturated heterocycles. The number of methoxy groups -OCH3 is 1. The van der Waals surface area contributed by atoms with Gasteiger partial charge < -0.3 is 9.64 Å². The molecule has 2 bridgehead atoms. The highest BCUT2D eigenvalue weighted by atomic mass is 32.1. The number of hydrogen-bond donors (Lipinski definition) is 0. The highest BCUT2D eigenvalue weighted by Gasteiger charge is 2.42. The van der Waals surface area contributed by atoms with Gasteiger partial charge in [-0.15, -0.1) is 11.3 Å². The maximum atomic E-state index is 13.5. The fraction of sp³-hybridized carbons (Fsp3) is 0.478. The van der Waals surface area contributed by atoms with Crippen molar-refractivity contribution < 1.29 is 14.3 Å². The van der Waals surface area contributed by atoms with E-state index in [1.807, 2.05) is 40.6 Å². The number of carbonyl (C=O) groups is 2. The normalized spacial score (nSPS) is 24.0. The first-order valence-electron chi connectivity index (χ1n) is 10.1. The summed E-state index contributed by atoms with van der Waals surface area (Å²) in [5.74, 6) is 1.55. The van der Waals surface area contributed by atoms with Crippen molar-refractivity contribution >= 4 is 23.0 Å². The maximum Gasteiger partial charge on any atom is 0.226 e. The number of carbonyl (C=O) groups excluding carboxylic acids is 2. The zero-order valence-corrected chi connectivity index (χ0v) is 17.1. The minimum absolute atomic E-state index is 0.0392. The van der Waals surface area contributed by atoms with Gasteiger partial charge in [0, 0.05) is 34.7 Å². The second kappa shape index (κ2) is 8.48. The highest BCUT2D eigenvalue weighted by molar-refractivity contribution is 7.09. The second-order valence-electron chi connectivity index (χ2n) is 7.98. The Hall–Kier alpha value is -2.14. The first-order valence-corrected chi connectivity index (χ1v) is 11.0. The Morgan fingerprint density at radius 2 is 1.86 bits per heavy atom. The summed E-state index contributed by atoms with van der Waals surface area (Å²) in [6, 6.07) is 12.0. The van der Waals surface area contributed by atoms with Crippen LogP contribution in [0.5, 0.6) is 5.75 Å². The molecule has 2 fully saturated rings. The topological polar surface area (TPSA) is 46.6 Å². The Labute approximate surface area is 170 Å². The van der Waals surface area contributed by atoms with E-state index >= 15 is 0 Å². The van der Waals surface area contributed by atoms with Crippen molar-refractivity contribution in [1.29, 1.82) is 0 Å². The lowest BCUT2D eigenvalue weighted by molar-refractivity contribution is -0.144. The van der Waals surface area contributed by atoms with Crippen LogP contribution in [0.4, 0.5) is 0 Å². The van der Waals surface area contributed by atoms with Crippen molar-refractivity contribution in [2.45, 2.75) is 45.2 Å². The summed E-state index contributed by atoms with van der Waals surface area (Å²) in [6.07, 6.45) is 4.48. The fourth-order valence-corrected chi connectivity index (χ4v) is 5.50. The van der Waals surface area contributed by atoms with Gasteiger partial charge in [0.1, 0.15) is 11.5 Å². The number of hydrogen-bond acceptors (Lipinski definition) is 4. The third-order valence-corrected chi connectivity index (χ3v) is 7.05. The highest BCUT2D eigenvalue weighted by Crippen LogP contribution is 2.41. The van der Waals surface area contributed by atoms with Crippen molar-refractivity contribution in [2.24, 2.45) is 17.8 Å². The molecule has 0 N–H and O–H groups in total. The monoisotopic (exact) mass is 397 g/mol. The van der Waals surface area contributed by atoms with E-state index in [2.05, 4.69) is 6.07 Å². The predicted molar refractivity (Wildman–Crippen MR) is 110 cm³/mol. The number of thiophene rings is 1. The molecule has 1 aromatic carbocycles. The van der Waals surface area contributed by atoms with Crippen LogP contribution >= 0.6 is 11.3 Å². The molecule has 2 unspecified atom stereocenters. The van der Waals surface area contributed by atoms with E-state index in [4.69, 9.17) is 4.74 Å². The predicted octanol–water partition coefficient (Wildman–Crippen LogP) is 4.68. The fourth-order valence-electron chi connectivity index (χ4n) is 4.78. The summed E-state index contributed by atoms with van der Waals surface area (Å²) in [5, 5.41) is 2.05. The van der Waals surface area contributed by atoms with Gasteiger partial charge in [0.05, 0.1) is 13.7 Å². The Balaban J connectivity index is 1.56. The second-order valence-corrected chi connectivity index (χ2v) is 9.01. The number of ketones is 1. The van der Waals surface area contributed by atoms with Gasteiger partial charge in [-0.25, -0.2) is 0 Å². The van der Waals surface area contributed by atoms with Gasteiger partial charge in [-0.05, 0) is 43.2 Å². The average molecular weight is 398 g/mol. The lowest BCUT2D eigenvalue weighted by Gasteiger charge is -2.39. The van der Waals surface area contributed by atoms with Crippen LogP contribution in [0.3, 0.4) is 0 Å². The third-order valence-electron chi connectivity index (χ3n) is 6.19. The minimum atomic E-state index is -0.0392. The van der Waals surface area contributed by atoms with Crippen molar-refractivity contribution in [2.75, 3.05) is 7.11 Å². The Bertz CT molecular complexity index is 816. The molecule has 1 heterocycles. The van der Waals surface area contributed by atoms with Crippen LogP contribution in [-0.4, -0.2) is 23.7 Å². The molecule has 0 radical (unpaired) electrons. The molecule has 148 valence electrons. The number of Topliss-reactive ketones (excluding diaryl/α,β-unsaturated/α-hetero) is 1. The summed E-state index contributed by atoms with van der Waals surface area (Å²) in [6.45, 7) is 1.13. The van der Waals surface area contributed by atoms with Crippen LogP contribution in [0.1, 0.15) is 42.5 Å². The first-order chi connectivity index (χ1) is 13.7. The summed E-state index contributed by atoms with van der Waals surface area (Å²) >= 11 is 1.67. The summed E-state index contributed by atoms with van der Waals surface area (Å²) in [5.41, 5.74) is 1.02. The number of fused-ring (bicyclic) bond motifs is 2. The molecule has 1 aromatic heterocycles. The maximum absolute atomic E-state index is 13.5. The standard InChI is InChI=1S/C23H27NO3S/c1-27-21-10-3-2-6-18(21)14-24(15-20-9-5-11-28-20)23(26)19-12-16-7-4-8-17(13-19)22(16)25/h2-3,5-6,9-11,16-17,19H,4,7-8,12-15H2,1H3. The van der Waals surface area contributed by atoms with Gasteiger partial charge in [-0.3, -0.25) is 9.59 Å². The van der Waals surface area contributed by atoms with E-state index in [1.165, 1.54) is 4.88 Å². The Morgan fingerprint density at radius 3 is 2.54 bits per heavy atom. The summed E-state index contributed by atoms with van der Waals surface area (Å²) < 4.78 is 5.50. The van der Waals surface area contributed by atoms with E-state index in [9.17, 15) is 9.59 Å². The van der Waals surface area contributed by atoms with E-state index in [0.717, 1.165) is 43.4 Å². The van der Waals surface area contributed by atoms with E-state index in [-0.39, 0.29) is 23.7 Å². The first kappa shape index (κ1) is 19.2. The molecule has 2 atom stereocenters. The van der Waals surface area contributed by atoms with Crippen molar-refractivity contribution in [1.82, 2.24) is 4.90 Å². The molecular formula is C23H27NO3S. The molecule has 0 spiro atoms. The van der Waals surface area contributed by atoms with Crippen molar-refractivity contribution in [3.8, 4) is 5.75 Å². The quantitative estimate of drug-likeness (QED) is 0.711. The van der Waals surface area contributed by atoms with Crippen LogP contribution in [-0.2, 0) is 22.7 Å². The van der Waals surface area contributed by atoms with Gasteiger partial charge in [0.15, 0.2) is 0 Å². The van der Waals surface area contributed by atoms with E-state index < -0.39 is 0 Å². The molecule has 5 heteroatoms. The Morgan fingerprint density at radius 1 is 1.11 bits per heavy atom. The average Bonchev–Trinajstić information content (AvgIpc) is 3.20. The SMILES string of the molecule is COc1ccccc1CN(Cc1cccs1)C(=O)C1CC2CCCC(C1)C2=O. The number of rotatable bonds is 6. The van der Waals surface area contributed by atoms with Gasteiger partial charge >= 0.3 is 0 Å². The number of ether oxygens (including phenoxy) is 1. The van der Waals surface area contributed by atoms with Crippen LogP contribution in [0, 0.1) is 17.8 Å². The van der Waals surface area contributed by atoms with Crippen molar-refractivity contribution in [3.05, 3.63) is 52.2 Å². The molecule has 2 aliphatic rings. The van der Waals surface area contributed by atoms with Crippen LogP contribution in [0.25, 0.3) is 0 Å². The van der Waals surface area contributed by atoms with Crippen molar-refractivity contribution in [3.63, 3.8) is 0 Å². The summed E-state index contributed by atoms with van der Waals surface area (Å²) in [7, 11) is 1.66. The molecule has 0 aliphatic heterocycles. The third kappa shape index (κ3) is 4.00. The summed E-state index contributed by atoms with van der Waals surface area (Å²) in [4.78, 5) is 29.1. The molecule has 1 amide bonds. The number of amides is 1. The zero-order chi connectivity index (χ0) is 19.5. The van der Waals surface area contributed by atoms with E-state index in [0.29, 0.717) is 18.9 Å². The number of para-hydroxylation sites is 1. The van der Waals surface area contributed by atoms with Crippen LogP contribution in [0.15, 0.2) is 41.8 Å². The molecule has 28 heavy (non-hydrogen) atoms. The molecule has 4 nitrogen and oxygen atoms in total. The van der Waals surface area contributed by atoms with Crippen LogP contribution in [0.2, 0.25) is 0 Å². The van der Waals surface area contributed by atoms with Gasteiger partial charge in [-0.1, -0.05) is 30.7 Å². The lowest BCUT2D eigenvalue weighted by Crippen LogP contribution is -2.43. The molecular weight excluding hydrogens is 370 g/mol. The molecule has 2 saturated carbocycles. The minimum Gasteiger partial charge on any atom is -0.496 e. The smallest absolute Gasteiger partial charge is 0.226 e. The number of nitrogens with zero attached hydrogens (tertiary/aromatic N) is 1. The lowest BCUT2D eigenvalue weighted by atomic mass is 9.67. The Kier molecular flexibility index (Phi) is 5.81. The number of benzene rings is 1. The largest absolute Gasteiger partial charge is 0.496 e. The van der Waals surface area contributed by atoms with Gasteiger partial charge in [-0.2, -0.15) is 0 Å². The van der Waals surface area contributed by atoms with Crippen LogP contribution < -0.4 is 4.74 Å². The zero-order valence-electron chi connectivity index (χ0n) is 16.3. The van der Waals surface area contributed by atoms with Gasteiger partial charge in [0.2, 0.25) is 5.91 Å². The van der Waals surface area contributed by atoms with Gasteiger partial charge in [0.25, 0.3) is 0 Å². The molecule has 2 aromatic rings. The van der Waals surface area contributed by atoms with E-state index in [1.54, 1.807) is 18.4 Å². The molecule has 4 rings (SSSR count).